The molecular weight excluding hydrogens is 334 g/mol. The Bertz CT molecular complexity index is 490. The van der Waals surface area contributed by atoms with Crippen molar-refractivity contribution in [1.29, 1.82) is 0 Å². The van der Waals surface area contributed by atoms with Crippen LogP contribution in [0.25, 0.3) is 0 Å². The average molecular weight is 349 g/mol. The Labute approximate surface area is 123 Å². The highest BCUT2D eigenvalue weighted by Crippen LogP contribution is 2.20. The fourth-order valence-corrected chi connectivity index (χ4v) is 2.70. The van der Waals surface area contributed by atoms with Crippen LogP contribution in [0.2, 0.25) is 0 Å². The van der Waals surface area contributed by atoms with Crippen LogP contribution in [0, 0.1) is 11.6 Å². The number of benzene rings is 1. The van der Waals surface area contributed by atoms with Gasteiger partial charge in [0.15, 0.2) is 0 Å². The summed E-state index contributed by atoms with van der Waals surface area (Å²) in [5.41, 5.74) is -0.179. The maximum atomic E-state index is 13.6. The molecule has 1 heterocycles. The molecule has 0 aromatic heterocycles. The quantitative estimate of drug-likeness (QED) is 0.881. The lowest BCUT2D eigenvalue weighted by molar-refractivity contribution is 0.157. The second kappa shape index (κ2) is 6.49. The number of nitrogens with one attached hydrogen (secondary N) is 1. The van der Waals surface area contributed by atoms with E-state index in [0.29, 0.717) is 11.0 Å². The second-order valence-corrected chi connectivity index (χ2v) is 5.59. The SMILES string of the molecule is O=C(NCc1c(F)cc(Br)cc1F)N1CCC[C@H]1CO. The van der Waals surface area contributed by atoms with Gasteiger partial charge in [-0.3, -0.25) is 0 Å². The fourth-order valence-electron chi connectivity index (χ4n) is 2.30. The van der Waals surface area contributed by atoms with Gasteiger partial charge < -0.3 is 15.3 Å². The third-order valence-electron chi connectivity index (χ3n) is 3.37. The van der Waals surface area contributed by atoms with E-state index in [9.17, 15) is 13.6 Å². The van der Waals surface area contributed by atoms with Crippen LogP contribution in [0.4, 0.5) is 13.6 Å². The molecule has 1 aromatic carbocycles. The van der Waals surface area contributed by atoms with Crippen molar-refractivity contribution in [3.05, 3.63) is 33.8 Å². The number of hydrogen-bond donors (Lipinski definition) is 2. The first-order valence-electron chi connectivity index (χ1n) is 6.31. The molecule has 0 saturated carbocycles. The summed E-state index contributed by atoms with van der Waals surface area (Å²) < 4.78 is 27.5. The molecule has 110 valence electrons. The smallest absolute Gasteiger partial charge is 0.317 e. The minimum Gasteiger partial charge on any atom is -0.394 e. The van der Waals surface area contributed by atoms with E-state index in [1.807, 2.05) is 0 Å². The lowest BCUT2D eigenvalue weighted by Crippen LogP contribution is -2.44. The number of amides is 2. The van der Waals surface area contributed by atoms with Crippen molar-refractivity contribution in [1.82, 2.24) is 10.2 Å². The Balaban J connectivity index is 2.00. The highest BCUT2D eigenvalue weighted by atomic mass is 79.9. The topological polar surface area (TPSA) is 52.6 Å². The third-order valence-corrected chi connectivity index (χ3v) is 3.83. The number of aliphatic hydroxyl groups is 1. The van der Waals surface area contributed by atoms with Gasteiger partial charge in [-0.15, -0.1) is 0 Å². The number of likely N-dealkylation sites (tertiary alicyclic amines) is 1. The first-order valence-corrected chi connectivity index (χ1v) is 7.11. The molecule has 1 atom stereocenters. The maximum Gasteiger partial charge on any atom is 0.317 e. The van der Waals surface area contributed by atoms with Crippen LogP contribution in [0.5, 0.6) is 0 Å². The summed E-state index contributed by atoms with van der Waals surface area (Å²) in [5.74, 6) is -1.42. The minimum atomic E-state index is -0.711. The molecule has 1 aromatic rings. The van der Waals surface area contributed by atoms with Gasteiger partial charge in [0.1, 0.15) is 11.6 Å². The van der Waals surface area contributed by atoms with Crippen LogP contribution < -0.4 is 5.32 Å². The van der Waals surface area contributed by atoms with Crippen LogP contribution in [0.3, 0.4) is 0 Å². The summed E-state index contributed by atoms with van der Waals surface area (Å²) in [6.07, 6.45) is 1.56. The van der Waals surface area contributed by atoms with Crippen molar-refractivity contribution in [3.63, 3.8) is 0 Å². The highest BCUT2D eigenvalue weighted by Gasteiger charge is 2.28. The van der Waals surface area contributed by atoms with Gasteiger partial charge in [-0.2, -0.15) is 0 Å². The molecule has 7 heteroatoms. The predicted octanol–water partition coefficient (Wildman–Crippen LogP) is 2.39. The Morgan fingerprint density at radius 1 is 1.45 bits per heavy atom. The molecular formula is C13H15BrF2N2O2. The number of carbonyl (C=O) groups excluding carboxylic acids is 1. The molecule has 1 saturated heterocycles. The van der Waals surface area contributed by atoms with Crippen LogP contribution in [0.1, 0.15) is 18.4 Å². The standard InChI is InChI=1S/C13H15BrF2N2O2/c14-8-4-11(15)10(12(16)5-8)6-17-13(20)18-3-1-2-9(18)7-19/h4-5,9,19H,1-3,6-7H2,(H,17,20)/t9-/m0/s1. The van der Waals surface area contributed by atoms with Gasteiger partial charge in [0.05, 0.1) is 19.2 Å². The Morgan fingerprint density at radius 2 is 2.10 bits per heavy atom. The molecule has 0 radical (unpaired) electrons. The van der Waals surface area contributed by atoms with E-state index in [1.165, 1.54) is 4.90 Å². The second-order valence-electron chi connectivity index (χ2n) is 4.68. The number of hydrogen-bond acceptors (Lipinski definition) is 2. The van der Waals surface area contributed by atoms with Crippen molar-refractivity contribution < 1.29 is 18.7 Å². The van der Waals surface area contributed by atoms with Gasteiger partial charge in [-0.25, -0.2) is 13.6 Å². The van der Waals surface area contributed by atoms with E-state index in [2.05, 4.69) is 21.2 Å². The minimum absolute atomic E-state index is 0.103. The first kappa shape index (κ1) is 15.2. The molecule has 1 aliphatic heterocycles. The summed E-state index contributed by atoms with van der Waals surface area (Å²) in [6.45, 7) is 0.217. The largest absolute Gasteiger partial charge is 0.394 e. The van der Waals surface area contributed by atoms with Crippen molar-refractivity contribution in [2.24, 2.45) is 0 Å². The normalized spacial score (nSPS) is 18.4. The number of aliphatic hydroxyl groups excluding tert-OH is 1. The summed E-state index contributed by atoms with van der Waals surface area (Å²) in [5, 5.41) is 11.6. The molecule has 0 unspecified atom stereocenters. The number of carbonyl (C=O) groups is 1. The third kappa shape index (κ3) is 3.27. The van der Waals surface area contributed by atoms with Crippen LogP contribution in [-0.4, -0.2) is 35.2 Å². The van der Waals surface area contributed by atoms with E-state index >= 15 is 0 Å². The number of halogens is 3. The Morgan fingerprint density at radius 3 is 2.70 bits per heavy atom. The lowest BCUT2D eigenvalue weighted by atomic mass is 10.2. The lowest BCUT2D eigenvalue weighted by Gasteiger charge is -2.23. The molecule has 20 heavy (non-hydrogen) atoms. The van der Waals surface area contributed by atoms with E-state index < -0.39 is 17.7 Å². The molecule has 2 amide bonds. The number of urea groups is 1. The van der Waals surface area contributed by atoms with Crippen molar-refractivity contribution in [3.8, 4) is 0 Å². The Kier molecular flexibility index (Phi) is 4.93. The zero-order chi connectivity index (χ0) is 14.7. The van der Waals surface area contributed by atoms with E-state index in [1.54, 1.807) is 0 Å². The highest BCUT2D eigenvalue weighted by molar-refractivity contribution is 9.10. The molecule has 2 N–H and O–H groups in total. The molecule has 1 fully saturated rings. The molecule has 0 spiro atoms. The van der Waals surface area contributed by atoms with Gasteiger partial charge in [0, 0.05) is 16.6 Å². The van der Waals surface area contributed by atoms with E-state index in [-0.39, 0.29) is 24.8 Å². The van der Waals surface area contributed by atoms with Gasteiger partial charge in [-0.1, -0.05) is 15.9 Å². The Hall–Kier alpha value is -1.21. The summed E-state index contributed by atoms with van der Waals surface area (Å²) in [7, 11) is 0. The van der Waals surface area contributed by atoms with Gasteiger partial charge in [0.25, 0.3) is 0 Å². The van der Waals surface area contributed by atoms with Crippen molar-refractivity contribution in [2.45, 2.75) is 25.4 Å². The van der Waals surface area contributed by atoms with Crippen LogP contribution in [-0.2, 0) is 6.54 Å². The molecule has 2 rings (SSSR count). The first-order chi connectivity index (χ1) is 9.52. The summed E-state index contributed by atoms with van der Waals surface area (Å²) >= 11 is 2.99. The van der Waals surface area contributed by atoms with Gasteiger partial charge in [-0.05, 0) is 25.0 Å². The average Bonchev–Trinajstić information content (AvgIpc) is 2.85. The van der Waals surface area contributed by atoms with Gasteiger partial charge >= 0.3 is 6.03 Å². The zero-order valence-corrected chi connectivity index (χ0v) is 12.3. The van der Waals surface area contributed by atoms with Crippen molar-refractivity contribution >= 4 is 22.0 Å². The fraction of sp³-hybridized carbons (Fsp3) is 0.462. The van der Waals surface area contributed by atoms with Crippen LogP contribution in [0.15, 0.2) is 16.6 Å². The van der Waals surface area contributed by atoms with Crippen LogP contribution >= 0.6 is 15.9 Å². The monoisotopic (exact) mass is 348 g/mol. The molecule has 0 bridgehead atoms. The number of rotatable bonds is 3. The maximum absolute atomic E-state index is 13.6. The molecule has 1 aliphatic rings. The van der Waals surface area contributed by atoms with Crippen molar-refractivity contribution in [2.75, 3.05) is 13.2 Å². The van der Waals surface area contributed by atoms with E-state index in [4.69, 9.17) is 5.11 Å². The van der Waals surface area contributed by atoms with E-state index in [0.717, 1.165) is 25.0 Å². The van der Waals surface area contributed by atoms with Gasteiger partial charge in [0.2, 0.25) is 0 Å². The summed E-state index contributed by atoms with van der Waals surface area (Å²) in [4.78, 5) is 13.4. The predicted molar refractivity (Wildman–Crippen MR) is 73.1 cm³/mol. The zero-order valence-electron chi connectivity index (χ0n) is 10.7. The molecule has 0 aliphatic carbocycles. The molecule has 4 nitrogen and oxygen atoms in total. The number of nitrogens with zero attached hydrogens (tertiary/aromatic N) is 1. The summed E-state index contributed by atoms with van der Waals surface area (Å²) in [6, 6.07) is 1.67.